The highest BCUT2D eigenvalue weighted by atomic mass is 16.5. The first-order valence-corrected chi connectivity index (χ1v) is 7.79. The van der Waals surface area contributed by atoms with E-state index < -0.39 is 0 Å². The third kappa shape index (κ3) is 5.63. The number of hydrogen-bond acceptors (Lipinski definition) is 4. The van der Waals surface area contributed by atoms with E-state index in [0.717, 1.165) is 32.0 Å². The predicted octanol–water partition coefficient (Wildman–Crippen LogP) is 1.55. The van der Waals surface area contributed by atoms with Gasteiger partial charge in [0, 0.05) is 31.9 Å². The van der Waals surface area contributed by atoms with Gasteiger partial charge in [0.2, 0.25) is 0 Å². The predicted molar refractivity (Wildman–Crippen MR) is 86.1 cm³/mol. The van der Waals surface area contributed by atoms with Gasteiger partial charge >= 0.3 is 6.03 Å². The average Bonchev–Trinajstić information content (AvgIpc) is 2.57. The molecule has 6 heteroatoms. The molecular formula is C16H25N3O3. The second kappa shape index (κ2) is 9.40. The van der Waals surface area contributed by atoms with Gasteiger partial charge in [0.1, 0.15) is 0 Å². The number of amides is 2. The van der Waals surface area contributed by atoms with Crippen molar-refractivity contribution in [2.24, 2.45) is 0 Å². The number of urea groups is 1. The van der Waals surface area contributed by atoms with Gasteiger partial charge in [-0.25, -0.2) is 4.79 Å². The Morgan fingerprint density at radius 2 is 2.05 bits per heavy atom. The molecule has 2 amide bonds. The molecule has 2 rings (SSSR count). The molecule has 1 aromatic rings. The van der Waals surface area contributed by atoms with Crippen LogP contribution in [0.5, 0.6) is 0 Å². The molecule has 0 aliphatic carbocycles. The van der Waals surface area contributed by atoms with Crippen LogP contribution >= 0.6 is 0 Å². The number of anilines is 1. The van der Waals surface area contributed by atoms with E-state index in [0.29, 0.717) is 19.8 Å². The Morgan fingerprint density at radius 3 is 2.73 bits per heavy atom. The van der Waals surface area contributed by atoms with Gasteiger partial charge < -0.3 is 20.1 Å². The van der Waals surface area contributed by atoms with E-state index in [4.69, 9.17) is 9.47 Å². The Hall–Kier alpha value is -1.63. The third-order valence-electron chi connectivity index (χ3n) is 3.61. The number of benzene rings is 1. The van der Waals surface area contributed by atoms with E-state index >= 15 is 0 Å². The van der Waals surface area contributed by atoms with Gasteiger partial charge in [0.05, 0.1) is 25.9 Å². The highest BCUT2D eigenvalue weighted by Gasteiger charge is 2.21. The van der Waals surface area contributed by atoms with Crippen LogP contribution in [0.2, 0.25) is 0 Å². The quantitative estimate of drug-likeness (QED) is 0.802. The van der Waals surface area contributed by atoms with Gasteiger partial charge in [-0.1, -0.05) is 18.2 Å². The summed E-state index contributed by atoms with van der Waals surface area (Å²) in [7, 11) is 0. The van der Waals surface area contributed by atoms with Crippen molar-refractivity contribution in [3.63, 3.8) is 0 Å². The van der Waals surface area contributed by atoms with Crippen molar-refractivity contribution in [3.05, 3.63) is 30.3 Å². The zero-order valence-electron chi connectivity index (χ0n) is 13.1. The van der Waals surface area contributed by atoms with Crippen LogP contribution in [0.25, 0.3) is 0 Å². The first-order chi connectivity index (χ1) is 10.8. The maximum atomic E-state index is 12.0. The molecule has 22 heavy (non-hydrogen) atoms. The molecule has 122 valence electrons. The minimum absolute atomic E-state index is 0.172. The molecule has 6 nitrogen and oxygen atoms in total. The molecule has 1 fully saturated rings. The lowest BCUT2D eigenvalue weighted by atomic mass is 10.2. The Labute approximate surface area is 131 Å². The number of para-hydroxylation sites is 1. The molecule has 1 heterocycles. The number of rotatable bonds is 7. The molecule has 1 saturated heterocycles. The van der Waals surface area contributed by atoms with Gasteiger partial charge in [0.15, 0.2) is 0 Å². The highest BCUT2D eigenvalue weighted by Crippen LogP contribution is 2.06. The lowest BCUT2D eigenvalue weighted by Crippen LogP contribution is -2.51. The van der Waals surface area contributed by atoms with E-state index in [1.54, 1.807) is 0 Å². The lowest BCUT2D eigenvalue weighted by Gasteiger charge is -2.34. The fraction of sp³-hybridized carbons (Fsp3) is 0.562. The fourth-order valence-corrected chi connectivity index (χ4v) is 2.40. The molecule has 0 spiro atoms. The van der Waals surface area contributed by atoms with Gasteiger partial charge in [-0.3, -0.25) is 4.90 Å². The molecule has 1 aliphatic heterocycles. The van der Waals surface area contributed by atoms with Crippen LogP contribution in [0.4, 0.5) is 10.5 Å². The van der Waals surface area contributed by atoms with Crippen molar-refractivity contribution in [2.75, 3.05) is 51.4 Å². The molecule has 1 aliphatic rings. The first-order valence-electron chi connectivity index (χ1n) is 7.79. The minimum Gasteiger partial charge on any atom is -0.380 e. The van der Waals surface area contributed by atoms with E-state index in [1.807, 2.05) is 37.3 Å². The average molecular weight is 307 g/mol. The van der Waals surface area contributed by atoms with Gasteiger partial charge in [-0.15, -0.1) is 0 Å². The SMILES string of the molecule is CCOCC(CNC(=O)Nc1ccccc1)N1CCOCC1. The first kappa shape index (κ1) is 16.7. The lowest BCUT2D eigenvalue weighted by molar-refractivity contribution is -0.00770. The second-order valence-electron chi connectivity index (χ2n) is 5.16. The molecule has 1 aromatic carbocycles. The number of carbonyl (C=O) groups is 1. The number of ether oxygens (including phenoxy) is 2. The summed E-state index contributed by atoms with van der Waals surface area (Å²) in [5.74, 6) is 0. The molecule has 2 N–H and O–H groups in total. The molecule has 0 bridgehead atoms. The number of morpholine rings is 1. The van der Waals surface area contributed by atoms with Crippen molar-refractivity contribution < 1.29 is 14.3 Å². The van der Waals surface area contributed by atoms with Crippen molar-refractivity contribution in [2.45, 2.75) is 13.0 Å². The molecule has 0 radical (unpaired) electrons. The molecule has 1 unspecified atom stereocenters. The summed E-state index contributed by atoms with van der Waals surface area (Å²) in [6.45, 7) is 7.04. The summed E-state index contributed by atoms with van der Waals surface area (Å²) in [6, 6.07) is 9.40. The largest absolute Gasteiger partial charge is 0.380 e. The summed E-state index contributed by atoms with van der Waals surface area (Å²) in [5, 5.41) is 5.75. The maximum absolute atomic E-state index is 12.0. The van der Waals surface area contributed by atoms with E-state index in [2.05, 4.69) is 15.5 Å². The van der Waals surface area contributed by atoms with Crippen LogP contribution < -0.4 is 10.6 Å². The summed E-state index contributed by atoms with van der Waals surface area (Å²) in [4.78, 5) is 14.3. The van der Waals surface area contributed by atoms with Crippen LogP contribution in [0, 0.1) is 0 Å². The third-order valence-corrected chi connectivity index (χ3v) is 3.61. The zero-order valence-corrected chi connectivity index (χ0v) is 13.1. The number of nitrogens with zero attached hydrogens (tertiary/aromatic N) is 1. The van der Waals surface area contributed by atoms with Crippen LogP contribution in [0.1, 0.15) is 6.92 Å². The zero-order chi connectivity index (χ0) is 15.6. The maximum Gasteiger partial charge on any atom is 0.319 e. The number of hydrogen-bond donors (Lipinski definition) is 2. The summed E-state index contributed by atoms with van der Waals surface area (Å²) in [5.41, 5.74) is 0.785. The Kier molecular flexibility index (Phi) is 7.15. The number of carbonyl (C=O) groups excluding carboxylic acids is 1. The van der Waals surface area contributed by atoms with Crippen molar-refractivity contribution in [1.82, 2.24) is 10.2 Å². The molecule has 0 aromatic heterocycles. The van der Waals surface area contributed by atoms with Crippen molar-refractivity contribution in [3.8, 4) is 0 Å². The topological polar surface area (TPSA) is 62.8 Å². The minimum atomic E-state index is -0.194. The summed E-state index contributed by atoms with van der Waals surface area (Å²) in [6.07, 6.45) is 0. The number of nitrogens with one attached hydrogen (secondary N) is 2. The molecule has 1 atom stereocenters. The van der Waals surface area contributed by atoms with Crippen LogP contribution in [-0.4, -0.2) is 63.0 Å². The monoisotopic (exact) mass is 307 g/mol. The fourth-order valence-electron chi connectivity index (χ4n) is 2.40. The van der Waals surface area contributed by atoms with E-state index in [1.165, 1.54) is 0 Å². The smallest absolute Gasteiger partial charge is 0.319 e. The standard InChI is InChI=1S/C16H25N3O3/c1-2-21-13-15(19-8-10-22-11-9-19)12-17-16(20)18-14-6-4-3-5-7-14/h3-7,15H,2,8-13H2,1H3,(H2,17,18,20). The van der Waals surface area contributed by atoms with E-state index in [-0.39, 0.29) is 12.1 Å². The Balaban J connectivity index is 1.80. The van der Waals surface area contributed by atoms with Gasteiger partial charge in [-0.05, 0) is 19.1 Å². The van der Waals surface area contributed by atoms with Crippen LogP contribution in [0.3, 0.4) is 0 Å². The Bertz CT molecular complexity index is 436. The molecule has 0 saturated carbocycles. The highest BCUT2D eigenvalue weighted by molar-refractivity contribution is 5.89. The molecular weight excluding hydrogens is 282 g/mol. The van der Waals surface area contributed by atoms with E-state index in [9.17, 15) is 4.79 Å². The van der Waals surface area contributed by atoms with Gasteiger partial charge in [-0.2, -0.15) is 0 Å². The van der Waals surface area contributed by atoms with Crippen LogP contribution in [-0.2, 0) is 9.47 Å². The van der Waals surface area contributed by atoms with Gasteiger partial charge in [0.25, 0.3) is 0 Å². The normalized spacial score (nSPS) is 17.0. The van der Waals surface area contributed by atoms with Crippen molar-refractivity contribution >= 4 is 11.7 Å². The van der Waals surface area contributed by atoms with Crippen LogP contribution in [0.15, 0.2) is 30.3 Å². The second-order valence-corrected chi connectivity index (χ2v) is 5.16. The van der Waals surface area contributed by atoms with Crippen molar-refractivity contribution in [1.29, 1.82) is 0 Å². The Morgan fingerprint density at radius 1 is 1.32 bits per heavy atom. The summed E-state index contributed by atoms with van der Waals surface area (Å²) < 4.78 is 10.9. The summed E-state index contributed by atoms with van der Waals surface area (Å²) >= 11 is 0.